The zero-order valence-electron chi connectivity index (χ0n) is 47.3. The van der Waals surface area contributed by atoms with Crippen molar-refractivity contribution in [2.24, 2.45) is 0 Å². The first-order chi connectivity index (χ1) is 43.2. The molecule has 90 heavy (non-hydrogen) atoms. The van der Waals surface area contributed by atoms with Crippen molar-refractivity contribution in [3.8, 4) is 11.8 Å². The highest BCUT2D eigenvalue weighted by Crippen LogP contribution is 2.44. The lowest BCUT2D eigenvalue weighted by Crippen LogP contribution is -2.33. The van der Waals surface area contributed by atoms with Crippen molar-refractivity contribution in [1.82, 2.24) is 78.1 Å². The summed E-state index contributed by atoms with van der Waals surface area (Å²) >= 11 is 4.30. The number of halogens is 2. The molecule has 2 fully saturated rings. The zero-order chi connectivity index (χ0) is 65.5. The Morgan fingerprint density at radius 2 is 1.14 bits per heavy atom. The molecule has 0 aliphatic carbocycles. The van der Waals surface area contributed by atoms with Gasteiger partial charge in [0.05, 0.1) is 49.2 Å². The number of aliphatic hydroxyl groups is 2. The summed E-state index contributed by atoms with van der Waals surface area (Å²) in [4.78, 5) is 145. The van der Waals surface area contributed by atoms with Crippen LogP contribution in [0.4, 0.5) is 0 Å². The average molecular weight is 1520 g/mol. The van der Waals surface area contributed by atoms with E-state index in [0.29, 0.717) is 35.4 Å². The molecule has 37 nitrogen and oxygen atoms in total. The minimum Gasteiger partial charge on any atom is -0.468 e. The van der Waals surface area contributed by atoms with Crippen LogP contribution in [0.25, 0.3) is 44.2 Å². The number of carbonyl (C=O) groups is 2. The van der Waals surface area contributed by atoms with E-state index in [1.54, 1.807) is 9.13 Å². The van der Waals surface area contributed by atoms with E-state index in [2.05, 4.69) is 115 Å². The van der Waals surface area contributed by atoms with Crippen LogP contribution in [-0.2, 0) is 50.3 Å². The standard InChI is InChI=1S/C25H27N10O9P.C22H25N8O10P.2CH3I/c1-26-6-9-42-24-21-22(29-13-30-24)33(15-31-21)7-5-28-19(37)3-2-16-11-35(25(39)32-23(16)38)20-10-17(36)18(44-20)12-43-45(40,41)34-8-4-27-14-34;1-23-5-7-38-21-18-19(25-11-26-21)29(12-27-18)6-4-24-16(32)3-2-13-9-30(22(34)28-20(13)33)17-8-14(31)15(40-17)10-39-41(35,36)37;2*1-2/h2-4,8,11,13-15,17-18,20,36H,5-7,9-10,12H2,(H,28,37)(H,40,41)(H,32,38,39);2-3,9,11-12,14-15,17,31H,4-8,10H2,(H,24,32)(H,28,33,34)(H2,35,36,37);2*1H3/b2*3-2+;;/t17?,18-,20-;14?,15-,17-;;/m11../s1. The number of ether oxygens (including phenoxy) is 4. The summed E-state index contributed by atoms with van der Waals surface area (Å²) in [7, 11) is -9.07. The van der Waals surface area contributed by atoms with Crippen LogP contribution in [0.1, 0.15) is 36.4 Å². The second kappa shape index (κ2) is 34.4. The molecule has 482 valence electrons. The van der Waals surface area contributed by atoms with E-state index >= 15 is 0 Å². The predicted molar refractivity (Wildman–Crippen MR) is 332 cm³/mol. The van der Waals surface area contributed by atoms with Crippen molar-refractivity contribution in [3.63, 3.8) is 0 Å². The molecule has 9 heterocycles. The van der Waals surface area contributed by atoms with E-state index in [1.807, 2.05) is 9.86 Å². The summed E-state index contributed by atoms with van der Waals surface area (Å²) in [5, 5.41) is 25.9. The van der Waals surface area contributed by atoms with Gasteiger partial charge in [0, 0.05) is 76.0 Å². The average Bonchev–Trinajstić information content (AvgIpc) is 1.83. The molecule has 0 spiro atoms. The number of aromatic amines is 2. The van der Waals surface area contributed by atoms with Crippen LogP contribution in [0.15, 0.2) is 87.8 Å². The fourth-order valence-electron chi connectivity index (χ4n) is 8.23. The minimum absolute atomic E-state index is 0.0365. The summed E-state index contributed by atoms with van der Waals surface area (Å²) in [6, 6.07) is 0. The highest BCUT2D eigenvalue weighted by atomic mass is 127. The molecular formula is C49H58I2N18O19P2. The first-order valence-electron chi connectivity index (χ1n) is 26.2. The molecule has 2 aliphatic heterocycles. The molecule has 0 radical (unpaired) electrons. The van der Waals surface area contributed by atoms with Gasteiger partial charge in [0.25, 0.3) is 11.1 Å². The first-order valence-corrected chi connectivity index (χ1v) is 33.5. The van der Waals surface area contributed by atoms with E-state index in [0.717, 1.165) is 38.1 Å². The van der Waals surface area contributed by atoms with E-state index in [-0.39, 0.29) is 75.1 Å². The third-order valence-corrected chi connectivity index (χ3v) is 14.2. The minimum atomic E-state index is -4.80. The first kappa shape index (κ1) is 71.3. The fraction of sp³-hybridized carbons (Fsp3) is 0.408. The number of aromatic nitrogens is 14. The number of fused-ring (bicyclic) bond motifs is 2. The lowest BCUT2D eigenvalue weighted by molar-refractivity contribution is -0.117. The number of nitrogens with one attached hydrogen (secondary N) is 4. The SMILES string of the molecule is CI.CI.[C-]#[N+]CCOc1ncnc2c1ncn2CCNC(=O)/C=C/c1cn([C@H]2CC(O)[C@@H](COP(=O)(O)O)O2)c(=O)[nH]c1=O.[C-]#[N+]CCOc1ncnc2c1ncn2CCNC(=O)/C=C/c1cn([C@H]2CC(O)[C@@H](COP(=O)(O)n3ccnc3)O2)c(=O)[nH]c1=O. The number of phosphoric acid groups is 1. The Kier molecular flexibility index (Phi) is 27.3. The van der Waals surface area contributed by atoms with Gasteiger partial charge in [0.2, 0.25) is 36.7 Å². The quantitative estimate of drug-likeness (QED) is 0.00906. The lowest BCUT2D eigenvalue weighted by atomic mass is 10.2. The van der Waals surface area contributed by atoms with Crippen molar-refractivity contribution in [1.29, 1.82) is 0 Å². The van der Waals surface area contributed by atoms with Gasteiger partial charge in [0.15, 0.2) is 35.5 Å². The number of hydrogen-bond acceptors (Lipinski definition) is 23. The number of nitrogens with zero attached hydrogens (tertiary/aromatic N) is 14. The number of imidazole rings is 3. The molecule has 2 amide bonds. The van der Waals surface area contributed by atoms with E-state index in [1.165, 1.54) is 56.1 Å². The van der Waals surface area contributed by atoms with Gasteiger partial charge < -0.3 is 73.3 Å². The van der Waals surface area contributed by atoms with Crippen LogP contribution in [0.3, 0.4) is 0 Å². The number of rotatable bonds is 25. The summed E-state index contributed by atoms with van der Waals surface area (Å²) < 4.78 is 61.1. The monoisotopic (exact) mass is 1520 g/mol. The normalized spacial score (nSPS) is 18.5. The zero-order valence-corrected chi connectivity index (χ0v) is 53.4. The van der Waals surface area contributed by atoms with Gasteiger partial charge in [-0.25, -0.2) is 61.1 Å². The number of amides is 2. The number of alkyl halides is 2. The summed E-state index contributed by atoms with van der Waals surface area (Å²) in [5.41, 5.74) is -1.48. The van der Waals surface area contributed by atoms with Crippen LogP contribution < -0.4 is 42.6 Å². The van der Waals surface area contributed by atoms with Crippen LogP contribution >= 0.6 is 60.8 Å². The summed E-state index contributed by atoms with van der Waals surface area (Å²) in [6.45, 7) is 14.2. The number of phosphoric ester groups is 1. The van der Waals surface area contributed by atoms with Crippen LogP contribution in [0.5, 0.6) is 11.8 Å². The Balaban J connectivity index is 0.000000273. The molecule has 7 aromatic heterocycles. The van der Waals surface area contributed by atoms with Crippen molar-refractivity contribution in [2.45, 2.75) is 62.8 Å². The maximum Gasteiger partial charge on any atom is 0.469 e. The highest BCUT2D eigenvalue weighted by Gasteiger charge is 2.39. The van der Waals surface area contributed by atoms with Crippen molar-refractivity contribution < 1.29 is 71.6 Å². The fourth-order valence-corrected chi connectivity index (χ4v) is 9.46. The third-order valence-electron chi connectivity index (χ3n) is 12.4. The molecule has 3 unspecified atom stereocenters. The summed E-state index contributed by atoms with van der Waals surface area (Å²) in [5.74, 6) is -0.556. The molecule has 7 aromatic rings. The number of carbonyl (C=O) groups excluding carboxylic acids is 2. The Morgan fingerprint density at radius 1 is 0.700 bits per heavy atom. The number of aliphatic hydroxyl groups excluding tert-OH is 2. The van der Waals surface area contributed by atoms with Gasteiger partial charge in [-0.3, -0.25) is 47.3 Å². The Hall–Kier alpha value is -7.77. The van der Waals surface area contributed by atoms with Crippen LogP contribution in [-0.4, -0.2) is 191 Å². The van der Waals surface area contributed by atoms with Gasteiger partial charge in [-0.1, -0.05) is 45.2 Å². The van der Waals surface area contributed by atoms with Crippen LogP contribution in [0.2, 0.25) is 0 Å². The Morgan fingerprint density at radius 3 is 1.56 bits per heavy atom. The number of H-pyrrole nitrogens is 2. The van der Waals surface area contributed by atoms with Crippen molar-refractivity contribution >= 4 is 107 Å². The molecule has 0 saturated carbocycles. The van der Waals surface area contributed by atoms with Crippen molar-refractivity contribution in [3.05, 3.63) is 144 Å². The molecule has 2 aliphatic rings. The second-order valence-electron chi connectivity index (χ2n) is 18.2. The smallest absolute Gasteiger partial charge is 0.468 e. The predicted octanol–water partition coefficient (Wildman–Crippen LogP) is -0.0217. The Labute approximate surface area is 534 Å². The number of hydrogen-bond donors (Lipinski definition) is 9. The van der Waals surface area contributed by atoms with Crippen LogP contribution in [0, 0.1) is 13.1 Å². The second-order valence-corrected chi connectivity index (χ2v) is 21.1. The molecular weight excluding hydrogens is 1460 g/mol. The summed E-state index contributed by atoms with van der Waals surface area (Å²) in [6.07, 6.45) is 9.44. The molecule has 41 heteroatoms. The topological polar surface area (TPSA) is 472 Å². The molecule has 0 bridgehead atoms. The van der Waals surface area contributed by atoms with E-state index in [9.17, 15) is 53.0 Å². The van der Waals surface area contributed by atoms with Crippen molar-refractivity contribution in [2.75, 3.05) is 62.5 Å². The van der Waals surface area contributed by atoms with E-state index in [4.69, 9.17) is 46.4 Å². The highest BCUT2D eigenvalue weighted by molar-refractivity contribution is 14.1. The lowest BCUT2D eigenvalue weighted by Gasteiger charge is -2.18. The van der Waals surface area contributed by atoms with E-state index < -0.39 is 100.0 Å². The Bertz CT molecular complexity index is 4060. The maximum atomic E-state index is 12.5. The third kappa shape index (κ3) is 19.9. The largest absolute Gasteiger partial charge is 0.469 e. The van der Waals surface area contributed by atoms with Gasteiger partial charge in [0.1, 0.15) is 43.6 Å². The molecule has 0 aromatic carbocycles. The molecule has 7 atom stereocenters. The van der Waals surface area contributed by atoms with Gasteiger partial charge in [-0.05, 0) is 22.0 Å². The molecule has 9 rings (SSSR count). The van der Waals surface area contributed by atoms with Gasteiger partial charge in [-0.15, -0.1) is 0 Å². The van der Waals surface area contributed by atoms with Gasteiger partial charge >= 0.3 is 26.9 Å². The van der Waals surface area contributed by atoms with Gasteiger partial charge in [-0.2, -0.15) is 9.97 Å². The molecule has 9 N–H and O–H groups in total. The molecule has 2 saturated heterocycles. The maximum absolute atomic E-state index is 12.5.